The Balaban J connectivity index is 2.24. The first-order chi connectivity index (χ1) is 9.09. The van der Waals surface area contributed by atoms with Crippen LogP contribution in [0.15, 0.2) is 0 Å². The molecule has 2 N–H and O–H groups in total. The zero-order valence-electron chi connectivity index (χ0n) is 13.2. The summed E-state index contributed by atoms with van der Waals surface area (Å²) in [6, 6.07) is 0. The fourth-order valence-electron chi connectivity index (χ4n) is 2.99. The average molecular weight is 270 g/mol. The van der Waals surface area contributed by atoms with E-state index in [1.165, 1.54) is 38.6 Å². The minimum absolute atomic E-state index is 0.114. The van der Waals surface area contributed by atoms with Crippen molar-refractivity contribution in [3.05, 3.63) is 0 Å². The van der Waals surface area contributed by atoms with Crippen LogP contribution >= 0.6 is 0 Å². The second-order valence-electron chi connectivity index (χ2n) is 6.66. The molecule has 1 fully saturated rings. The fourth-order valence-corrected chi connectivity index (χ4v) is 2.99. The topological polar surface area (TPSA) is 35.5 Å². The van der Waals surface area contributed by atoms with Crippen molar-refractivity contribution in [3.8, 4) is 0 Å². The molecule has 0 radical (unpaired) electrons. The highest BCUT2D eigenvalue weighted by Gasteiger charge is 2.23. The van der Waals surface area contributed by atoms with Crippen LogP contribution in [0.5, 0.6) is 0 Å². The molecule has 1 rings (SSSR count). The van der Waals surface area contributed by atoms with Crippen LogP contribution in [0.1, 0.15) is 58.8 Å². The Hall–Kier alpha value is -0.120. The smallest absolute Gasteiger partial charge is 0.0611 e. The SMILES string of the molecule is CCCNC(C)(CO)CCN(C)CC1CCCCC1. The van der Waals surface area contributed by atoms with Crippen molar-refractivity contribution >= 4 is 0 Å². The number of nitrogens with zero attached hydrogens (tertiary/aromatic N) is 1. The number of rotatable bonds is 9. The molecule has 1 saturated carbocycles. The third-order valence-corrected chi connectivity index (χ3v) is 4.49. The molecule has 0 aromatic carbocycles. The first-order valence-electron chi connectivity index (χ1n) is 8.14. The normalized spacial score (nSPS) is 20.7. The van der Waals surface area contributed by atoms with E-state index in [2.05, 4.69) is 31.1 Å². The zero-order chi connectivity index (χ0) is 14.1. The maximum atomic E-state index is 9.57. The lowest BCUT2D eigenvalue weighted by Gasteiger charge is -2.32. The summed E-state index contributed by atoms with van der Waals surface area (Å²) in [6.07, 6.45) is 9.24. The third kappa shape index (κ3) is 6.73. The largest absolute Gasteiger partial charge is 0.394 e. The summed E-state index contributed by atoms with van der Waals surface area (Å²) < 4.78 is 0. The maximum Gasteiger partial charge on any atom is 0.0611 e. The number of nitrogens with one attached hydrogen (secondary N) is 1. The van der Waals surface area contributed by atoms with Gasteiger partial charge in [-0.2, -0.15) is 0 Å². The van der Waals surface area contributed by atoms with Gasteiger partial charge in [-0.05, 0) is 58.7 Å². The van der Waals surface area contributed by atoms with Crippen LogP contribution in [0.4, 0.5) is 0 Å². The summed E-state index contributed by atoms with van der Waals surface area (Å²) in [4.78, 5) is 2.46. The van der Waals surface area contributed by atoms with Gasteiger partial charge in [0.1, 0.15) is 0 Å². The molecule has 1 unspecified atom stereocenters. The van der Waals surface area contributed by atoms with Gasteiger partial charge in [0, 0.05) is 12.1 Å². The predicted octanol–water partition coefficient (Wildman–Crippen LogP) is 2.64. The minimum atomic E-state index is -0.114. The summed E-state index contributed by atoms with van der Waals surface area (Å²) in [7, 11) is 2.23. The first kappa shape index (κ1) is 16.9. The van der Waals surface area contributed by atoms with Crippen LogP contribution in [0.25, 0.3) is 0 Å². The van der Waals surface area contributed by atoms with E-state index >= 15 is 0 Å². The van der Waals surface area contributed by atoms with Gasteiger partial charge < -0.3 is 15.3 Å². The molecule has 114 valence electrons. The molecule has 3 heteroatoms. The van der Waals surface area contributed by atoms with E-state index in [1.54, 1.807) is 0 Å². The summed E-state index contributed by atoms with van der Waals surface area (Å²) in [5.74, 6) is 0.905. The van der Waals surface area contributed by atoms with Crippen LogP contribution in [0.3, 0.4) is 0 Å². The van der Waals surface area contributed by atoms with E-state index in [0.29, 0.717) is 0 Å². The molecule has 1 atom stereocenters. The Bertz CT molecular complexity index is 229. The van der Waals surface area contributed by atoms with Crippen molar-refractivity contribution < 1.29 is 5.11 Å². The van der Waals surface area contributed by atoms with Crippen molar-refractivity contribution in [2.24, 2.45) is 5.92 Å². The van der Waals surface area contributed by atoms with E-state index in [0.717, 1.165) is 31.8 Å². The third-order valence-electron chi connectivity index (χ3n) is 4.49. The molecule has 0 bridgehead atoms. The predicted molar refractivity (Wildman–Crippen MR) is 82.5 cm³/mol. The minimum Gasteiger partial charge on any atom is -0.394 e. The molecule has 0 saturated heterocycles. The number of aliphatic hydroxyl groups is 1. The van der Waals surface area contributed by atoms with Gasteiger partial charge in [-0.3, -0.25) is 0 Å². The number of hydrogen-bond donors (Lipinski definition) is 2. The Kier molecular flexibility index (Phi) is 7.96. The van der Waals surface area contributed by atoms with Crippen molar-refractivity contribution in [1.82, 2.24) is 10.2 Å². The van der Waals surface area contributed by atoms with Gasteiger partial charge >= 0.3 is 0 Å². The highest BCUT2D eigenvalue weighted by molar-refractivity contribution is 4.83. The molecule has 0 spiro atoms. The molecule has 3 nitrogen and oxygen atoms in total. The maximum absolute atomic E-state index is 9.57. The van der Waals surface area contributed by atoms with Crippen molar-refractivity contribution in [1.29, 1.82) is 0 Å². The zero-order valence-corrected chi connectivity index (χ0v) is 13.2. The van der Waals surface area contributed by atoms with Gasteiger partial charge in [0.15, 0.2) is 0 Å². The lowest BCUT2D eigenvalue weighted by atomic mass is 9.89. The van der Waals surface area contributed by atoms with Gasteiger partial charge in [-0.1, -0.05) is 26.2 Å². The second-order valence-corrected chi connectivity index (χ2v) is 6.66. The van der Waals surface area contributed by atoms with Crippen molar-refractivity contribution in [2.45, 2.75) is 64.3 Å². The molecule has 1 aliphatic carbocycles. The summed E-state index contributed by atoms with van der Waals surface area (Å²) in [5.41, 5.74) is -0.114. The molecule has 1 aliphatic rings. The van der Waals surface area contributed by atoms with Crippen LogP contribution < -0.4 is 5.32 Å². The van der Waals surface area contributed by atoms with E-state index in [4.69, 9.17) is 0 Å². The van der Waals surface area contributed by atoms with E-state index in [1.807, 2.05) is 0 Å². The Morgan fingerprint density at radius 1 is 1.26 bits per heavy atom. The molecule has 19 heavy (non-hydrogen) atoms. The molecule has 0 aliphatic heterocycles. The number of aliphatic hydroxyl groups excluding tert-OH is 1. The van der Waals surface area contributed by atoms with Gasteiger partial charge in [0.25, 0.3) is 0 Å². The summed E-state index contributed by atoms with van der Waals surface area (Å²) in [5, 5.41) is 13.0. The van der Waals surface area contributed by atoms with E-state index in [9.17, 15) is 5.11 Å². The summed E-state index contributed by atoms with van der Waals surface area (Å²) >= 11 is 0. The first-order valence-corrected chi connectivity index (χ1v) is 8.14. The lowest BCUT2D eigenvalue weighted by Crippen LogP contribution is -2.48. The van der Waals surface area contributed by atoms with Crippen molar-refractivity contribution in [3.63, 3.8) is 0 Å². The Labute approximate surface area is 119 Å². The molecule has 0 amide bonds. The Morgan fingerprint density at radius 2 is 1.95 bits per heavy atom. The molecule has 0 heterocycles. The van der Waals surface area contributed by atoms with Gasteiger partial charge in [0.05, 0.1) is 6.61 Å². The van der Waals surface area contributed by atoms with Crippen molar-refractivity contribution in [2.75, 3.05) is 33.3 Å². The van der Waals surface area contributed by atoms with Crippen LogP contribution in [-0.4, -0.2) is 48.8 Å². The average Bonchev–Trinajstić information content (AvgIpc) is 2.44. The standard InChI is InChI=1S/C16H34N2O/c1-4-11-17-16(2,14-19)10-12-18(3)13-15-8-6-5-7-9-15/h15,17,19H,4-14H2,1-3H3. The molecular formula is C16H34N2O. The number of hydrogen-bond acceptors (Lipinski definition) is 3. The summed E-state index contributed by atoms with van der Waals surface area (Å²) in [6.45, 7) is 7.82. The van der Waals surface area contributed by atoms with Gasteiger partial charge in [-0.15, -0.1) is 0 Å². The highest BCUT2D eigenvalue weighted by Crippen LogP contribution is 2.24. The van der Waals surface area contributed by atoms with Crippen LogP contribution in [-0.2, 0) is 0 Å². The lowest BCUT2D eigenvalue weighted by molar-refractivity contribution is 0.144. The van der Waals surface area contributed by atoms with Crippen LogP contribution in [0.2, 0.25) is 0 Å². The van der Waals surface area contributed by atoms with Gasteiger partial charge in [0.2, 0.25) is 0 Å². The molecular weight excluding hydrogens is 236 g/mol. The highest BCUT2D eigenvalue weighted by atomic mass is 16.3. The Morgan fingerprint density at radius 3 is 2.53 bits per heavy atom. The van der Waals surface area contributed by atoms with E-state index < -0.39 is 0 Å². The van der Waals surface area contributed by atoms with Crippen LogP contribution in [0, 0.1) is 5.92 Å². The van der Waals surface area contributed by atoms with Gasteiger partial charge in [-0.25, -0.2) is 0 Å². The van der Waals surface area contributed by atoms with E-state index in [-0.39, 0.29) is 12.1 Å². The fraction of sp³-hybridized carbons (Fsp3) is 1.00. The molecule has 0 aromatic rings. The monoisotopic (exact) mass is 270 g/mol. The second kappa shape index (κ2) is 8.93. The molecule has 0 aromatic heterocycles. The quantitative estimate of drug-likeness (QED) is 0.676.